The highest BCUT2D eigenvalue weighted by Gasteiger charge is 2.58. The Kier molecular flexibility index (Phi) is 5.73. The molecule has 3 aliphatic rings. The minimum atomic E-state index is -0.358. The zero-order valence-electron chi connectivity index (χ0n) is 19.9. The molecule has 2 saturated carbocycles. The van der Waals surface area contributed by atoms with Crippen LogP contribution in [0.5, 0.6) is 11.6 Å². The number of carbonyl (C=O) groups is 1. The van der Waals surface area contributed by atoms with Crippen molar-refractivity contribution >= 4 is 17.6 Å². The molecule has 1 N–H and O–H groups in total. The predicted molar refractivity (Wildman–Crippen MR) is 124 cm³/mol. The second-order valence-electron chi connectivity index (χ2n) is 9.92. The third kappa shape index (κ3) is 4.48. The van der Waals surface area contributed by atoms with Gasteiger partial charge in [0.25, 0.3) is 5.88 Å². The number of ether oxygens (including phenoxy) is 3. The van der Waals surface area contributed by atoms with E-state index < -0.39 is 0 Å². The van der Waals surface area contributed by atoms with E-state index >= 15 is 0 Å². The average molecular weight is 471 g/mol. The molecule has 0 radical (unpaired) electrons. The molecule has 2 aliphatic carbocycles. The van der Waals surface area contributed by atoms with Gasteiger partial charge in [-0.25, -0.2) is 14.2 Å². The predicted octanol–water partition coefficient (Wildman–Crippen LogP) is 4.71. The van der Waals surface area contributed by atoms with Gasteiger partial charge in [0, 0.05) is 18.5 Å². The van der Waals surface area contributed by atoms with E-state index in [2.05, 4.69) is 15.3 Å². The summed E-state index contributed by atoms with van der Waals surface area (Å²) < 4.78 is 31.7. The number of benzene rings is 1. The Morgan fingerprint density at radius 2 is 2.12 bits per heavy atom. The Morgan fingerprint density at radius 1 is 1.29 bits per heavy atom. The first-order chi connectivity index (χ1) is 16.3. The lowest BCUT2D eigenvalue weighted by molar-refractivity contribution is 0.0438. The van der Waals surface area contributed by atoms with Crippen molar-refractivity contribution in [2.75, 3.05) is 32.1 Å². The van der Waals surface area contributed by atoms with Crippen LogP contribution in [0.2, 0.25) is 0 Å². The first-order valence-electron chi connectivity index (χ1n) is 11.9. The largest absolute Gasteiger partial charge is 0.489 e. The normalized spacial score (nSPS) is 24.1. The molecule has 2 heterocycles. The zero-order chi connectivity index (χ0) is 23.9. The maximum absolute atomic E-state index is 14.5. The van der Waals surface area contributed by atoms with E-state index in [1.54, 1.807) is 6.07 Å². The second-order valence-corrected chi connectivity index (χ2v) is 9.92. The van der Waals surface area contributed by atoms with Crippen molar-refractivity contribution in [3.63, 3.8) is 0 Å². The fourth-order valence-electron chi connectivity index (χ4n) is 4.63. The lowest BCUT2D eigenvalue weighted by Gasteiger charge is -2.31. The number of methoxy groups -OCH3 is 1. The van der Waals surface area contributed by atoms with Crippen LogP contribution >= 0.6 is 0 Å². The number of carbonyl (C=O) groups excluding carboxylic acids is 1. The summed E-state index contributed by atoms with van der Waals surface area (Å²) in [6.07, 6.45) is 5.68. The number of aryl methyl sites for hydroxylation is 1. The highest BCUT2D eigenvalue weighted by molar-refractivity contribution is 5.69. The summed E-state index contributed by atoms with van der Waals surface area (Å²) in [6.45, 7) is 5.79. The molecule has 2 aromatic rings. The summed E-state index contributed by atoms with van der Waals surface area (Å²) in [5.74, 6) is 1.01. The molecule has 9 heteroatoms. The number of piperidine rings is 1. The third-order valence-corrected chi connectivity index (χ3v) is 7.39. The first-order valence-corrected chi connectivity index (χ1v) is 11.9. The molecule has 1 saturated heterocycles. The Labute approximate surface area is 198 Å². The number of nitrogens with one attached hydrogen (secondary N) is 1. The van der Waals surface area contributed by atoms with E-state index in [9.17, 15) is 9.18 Å². The van der Waals surface area contributed by atoms with Crippen LogP contribution in [0.15, 0.2) is 24.5 Å². The van der Waals surface area contributed by atoms with Crippen molar-refractivity contribution in [2.24, 2.45) is 11.3 Å². The van der Waals surface area contributed by atoms with Gasteiger partial charge < -0.3 is 24.4 Å². The number of likely N-dealkylation sites (tertiary alicyclic amines) is 1. The van der Waals surface area contributed by atoms with Crippen molar-refractivity contribution in [3.05, 3.63) is 35.9 Å². The topological polar surface area (TPSA) is 85.8 Å². The van der Waals surface area contributed by atoms with E-state index in [0.717, 1.165) is 37.7 Å². The van der Waals surface area contributed by atoms with Gasteiger partial charge in [0.2, 0.25) is 5.75 Å². The first kappa shape index (κ1) is 22.7. The number of anilines is 2. The lowest BCUT2D eigenvalue weighted by atomic mass is 9.96. The number of hydrogen-bond donors (Lipinski definition) is 1. The van der Waals surface area contributed by atoms with Gasteiger partial charge in [0.1, 0.15) is 17.7 Å². The molecule has 1 aliphatic heterocycles. The molecule has 1 aromatic carbocycles. The standard InChI is InChI=1S/C25H31FN4O4/c1-4-16-5-6-19(18(26)11-16)29-21-20(32-3)22(28-15-27-21)33-14-25-9-10-30(13-17(25)12-25)23(31)34-24(2)7-8-24/h5-6,11,15,17H,4,7-10,12-14H2,1-3H3,(H,27,28,29). The highest BCUT2D eigenvalue weighted by Crippen LogP contribution is 2.58. The number of aromatic nitrogens is 2. The summed E-state index contributed by atoms with van der Waals surface area (Å²) in [5.41, 5.74) is 1.00. The number of halogens is 1. The van der Waals surface area contributed by atoms with Crippen molar-refractivity contribution in [2.45, 2.75) is 51.6 Å². The number of amides is 1. The van der Waals surface area contributed by atoms with Crippen LogP contribution in [0.4, 0.5) is 20.7 Å². The van der Waals surface area contributed by atoms with Crippen LogP contribution in [-0.4, -0.2) is 53.4 Å². The van der Waals surface area contributed by atoms with Crippen LogP contribution in [0.25, 0.3) is 0 Å². The maximum atomic E-state index is 14.5. The summed E-state index contributed by atoms with van der Waals surface area (Å²) in [7, 11) is 1.51. The van der Waals surface area contributed by atoms with E-state index in [1.807, 2.05) is 24.8 Å². The van der Waals surface area contributed by atoms with Crippen LogP contribution in [-0.2, 0) is 11.2 Å². The minimum absolute atomic E-state index is 0.0336. The van der Waals surface area contributed by atoms with Gasteiger partial charge in [0.05, 0.1) is 19.4 Å². The molecule has 1 amide bonds. The Balaban J connectivity index is 1.22. The quantitative estimate of drug-likeness (QED) is 0.598. The Hall–Kier alpha value is -3.10. The van der Waals surface area contributed by atoms with Gasteiger partial charge in [0.15, 0.2) is 5.82 Å². The van der Waals surface area contributed by atoms with Crippen LogP contribution in [0, 0.1) is 17.2 Å². The van der Waals surface area contributed by atoms with E-state index in [1.165, 1.54) is 19.5 Å². The number of hydrogen-bond acceptors (Lipinski definition) is 7. The smallest absolute Gasteiger partial charge is 0.410 e. The molecule has 182 valence electrons. The van der Waals surface area contributed by atoms with Gasteiger partial charge in [-0.15, -0.1) is 0 Å². The van der Waals surface area contributed by atoms with Crippen molar-refractivity contribution < 1.29 is 23.4 Å². The fourth-order valence-corrected chi connectivity index (χ4v) is 4.63. The number of nitrogens with zero attached hydrogens (tertiary/aromatic N) is 3. The highest BCUT2D eigenvalue weighted by atomic mass is 19.1. The molecule has 3 fully saturated rings. The molecular formula is C25H31FN4O4. The molecule has 1 aromatic heterocycles. The van der Waals surface area contributed by atoms with Crippen LogP contribution in [0.3, 0.4) is 0 Å². The van der Waals surface area contributed by atoms with Crippen LogP contribution in [0.1, 0.15) is 45.1 Å². The van der Waals surface area contributed by atoms with Gasteiger partial charge in [-0.2, -0.15) is 4.98 Å². The summed E-state index contributed by atoms with van der Waals surface area (Å²) in [5, 5.41) is 2.99. The number of rotatable bonds is 8. The van der Waals surface area contributed by atoms with Gasteiger partial charge >= 0.3 is 6.09 Å². The van der Waals surface area contributed by atoms with Crippen molar-refractivity contribution in [3.8, 4) is 11.6 Å². The molecule has 0 spiro atoms. The molecule has 8 nitrogen and oxygen atoms in total. The lowest BCUT2D eigenvalue weighted by Crippen LogP contribution is -2.42. The monoisotopic (exact) mass is 470 g/mol. The summed E-state index contributed by atoms with van der Waals surface area (Å²) >= 11 is 0. The van der Waals surface area contributed by atoms with Gasteiger partial charge in [-0.3, -0.25) is 0 Å². The minimum Gasteiger partial charge on any atom is -0.489 e. The summed E-state index contributed by atoms with van der Waals surface area (Å²) in [6, 6.07) is 5.06. The third-order valence-electron chi connectivity index (χ3n) is 7.39. The Morgan fingerprint density at radius 3 is 2.79 bits per heavy atom. The molecule has 34 heavy (non-hydrogen) atoms. The molecule has 2 atom stereocenters. The van der Waals surface area contributed by atoms with Crippen molar-refractivity contribution in [1.29, 1.82) is 0 Å². The molecule has 0 bridgehead atoms. The van der Waals surface area contributed by atoms with E-state index in [0.29, 0.717) is 48.7 Å². The second kappa shape index (κ2) is 8.60. The molecule has 2 unspecified atom stereocenters. The van der Waals surface area contributed by atoms with Gasteiger partial charge in [-0.1, -0.05) is 13.0 Å². The maximum Gasteiger partial charge on any atom is 0.410 e. The van der Waals surface area contributed by atoms with E-state index in [-0.39, 0.29) is 22.9 Å². The number of fused-ring (bicyclic) bond motifs is 1. The fraction of sp³-hybridized carbons (Fsp3) is 0.560. The average Bonchev–Trinajstić information content (AvgIpc) is 3.74. The Bertz CT molecular complexity index is 1090. The molecular weight excluding hydrogens is 439 g/mol. The summed E-state index contributed by atoms with van der Waals surface area (Å²) in [4.78, 5) is 22.7. The SMILES string of the molecule is CCc1ccc(Nc2ncnc(OCC34CCN(C(=O)OC5(C)CC5)CC3C4)c2OC)c(F)c1. The van der Waals surface area contributed by atoms with Crippen LogP contribution < -0.4 is 14.8 Å². The van der Waals surface area contributed by atoms with Gasteiger partial charge in [-0.05, 0) is 62.6 Å². The van der Waals surface area contributed by atoms with E-state index in [4.69, 9.17) is 14.2 Å². The van der Waals surface area contributed by atoms with Crippen molar-refractivity contribution in [1.82, 2.24) is 14.9 Å². The molecule has 5 rings (SSSR count). The zero-order valence-corrected chi connectivity index (χ0v) is 19.9.